The lowest BCUT2D eigenvalue weighted by molar-refractivity contribution is 0.0706. The first-order chi connectivity index (χ1) is 12.4. The third kappa shape index (κ3) is 3.32. The van der Waals surface area contributed by atoms with E-state index in [1.807, 2.05) is 39.0 Å². The van der Waals surface area contributed by atoms with Gasteiger partial charge in [0.2, 0.25) is 0 Å². The van der Waals surface area contributed by atoms with Gasteiger partial charge in [0, 0.05) is 16.5 Å². The van der Waals surface area contributed by atoms with Gasteiger partial charge in [-0.05, 0) is 56.2 Å². The fourth-order valence-corrected chi connectivity index (χ4v) is 3.03. The molecule has 0 fully saturated rings. The van der Waals surface area contributed by atoms with Crippen LogP contribution in [-0.2, 0) is 0 Å². The minimum Gasteiger partial charge on any atom is -0.350 e. The van der Waals surface area contributed by atoms with Gasteiger partial charge in [-0.25, -0.2) is 5.48 Å². The van der Waals surface area contributed by atoms with Crippen LogP contribution in [0.2, 0.25) is 0 Å². The van der Waals surface area contributed by atoms with Gasteiger partial charge in [0.15, 0.2) is 0 Å². The molecule has 0 radical (unpaired) electrons. The summed E-state index contributed by atoms with van der Waals surface area (Å²) in [5.74, 6) is -0.798. The minimum atomic E-state index is -0.591. The second-order valence-electron chi connectivity index (χ2n) is 6.44. The quantitative estimate of drug-likeness (QED) is 0.429. The highest BCUT2D eigenvalue weighted by Gasteiger charge is 2.18. The van der Waals surface area contributed by atoms with Crippen LogP contribution < -0.4 is 10.8 Å². The molecule has 0 spiro atoms. The number of amides is 2. The summed E-state index contributed by atoms with van der Waals surface area (Å²) in [5.41, 5.74) is 6.20. The van der Waals surface area contributed by atoms with Crippen molar-refractivity contribution >= 4 is 22.7 Å². The van der Waals surface area contributed by atoms with E-state index in [-0.39, 0.29) is 11.9 Å². The molecule has 134 valence electrons. The Bertz CT molecular complexity index is 991. The minimum absolute atomic E-state index is 0.208. The number of nitrogens with one attached hydrogen (secondary N) is 3. The molecule has 0 saturated carbocycles. The summed E-state index contributed by atoms with van der Waals surface area (Å²) in [6.45, 7) is 5.78. The number of aryl methyl sites for hydroxylation is 2. The predicted molar refractivity (Wildman–Crippen MR) is 99.3 cm³/mol. The molecule has 2 amide bonds. The first-order valence-electron chi connectivity index (χ1n) is 8.35. The first kappa shape index (κ1) is 17.7. The summed E-state index contributed by atoms with van der Waals surface area (Å²) in [6, 6.07) is 12.5. The number of hydrogen-bond donors (Lipinski definition) is 4. The van der Waals surface area contributed by atoms with Crippen LogP contribution in [0.25, 0.3) is 10.9 Å². The molecule has 6 nitrogen and oxygen atoms in total. The number of hydrogen-bond acceptors (Lipinski definition) is 3. The first-order valence-corrected chi connectivity index (χ1v) is 8.35. The molecular weight excluding hydrogens is 330 g/mol. The normalized spacial score (nSPS) is 12.0. The van der Waals surface area contributed by atoms with Crippen LogP contribution in [0.1, 0.15) is 50.5 Å². The number of rotatable bonds is 4. The van der Waals surface area contributed by atoms with E-state index < -0.39 is 5.91 Å². The van der Waals surface area contributed by atoms with Gasteiger partial charge < -0.3 is 10.3 Å². The maximum Gasteiger partial charge on any atom is 0.274 e. The number of hydroxylamine groups is 1. The van der Waals surface area contributed by atoms with Crippen molar-refractivity contribution in [3.05, 3.63) is 70.4 Å². The Hall–Kier alpha value is -3.12. The van der Waals surface area contributed by atoms with Gasteiger partial charge in [-0.1, -0.05) is 23.8 Å². The monoisotopic (exact) mass is 351 g/mol. The average Bonchev–Trinajstić information content (AvgIpc) is 2.97. The van der Waals surface area contributed by atoms with Crippen LogP contribution in [0.3, 0.4) is 0 Å². The predicted octanol–water partition coefficient (Wildman–Crippen LogP) is 3.39. The topological polar surface area (TPSA) is 94.2 Å². The van der Waals surface area contributed by atoms with Crippen molar-refractivity contribution < 1.29 is 14.8 Å². The fraction of sp³-hybridized carbons (Fsp3) is 0.200. The molecule has 1 unspecified atom stereocenters. The van der Waals surface area contributed by atoms with E-state index in [1.165, 1.54) is 0 Å². The zero-order valence-electron chi connectivity index (χ0n) is 14.9. The van der Waals surface area contributed by atoms with Crippen molar-refractivity contribution in [2.24, 2.45) is 0 Å². The molecule has 1 atom stereocenters. The number of H-pyrrole nitrogens is 1. The molecule has 0 aliphatic heterocycles. The van der Waals surface area contributed by atoms with Gasteiger partial charge in [-0.15, -0.1) is 0 Å². The van der Waals surface area contributed by atoms with E-state index in [9.17, 15) is 9.59 Å². The van der Waals surface area contributed by atoms with Gasteiger partial charge >= 0.3 is 0 Å². The van der Waals surface area contributed by atoms with Gasteiger partial charge in [0.25, 0.3) is 11.8 Å². The second kappa shape index (κ2) is 7.01. The van der Waals surface area contributed by atoms with Crippen LogP contribution >= 0.6 is 0 Å². The van der Waals surface area contributed by atoms with Crippen molar-refractivity contribution in [2.45, 2.75) is 26.8 Å². The smallest absolute Gasteiger partial charge is 0.274 e. The number of aromatic amines is 1. The van der Waals surface area contributed by atoms with E-state index in [4.69, 9.17) is 5.21 Å². The molecule has 6 heteroatoms. The van der Waals surface area contributed by atoms with Crippen LogP contribution in [-0.4, -0.2) is 22.0 Å². The lowest BCUT2D eigenvalue weighted by Crippen LogP contribution is -2.28. The van der Waals surface area contributed by atoms with Crippen LogP contribution in [0.15, 0.2) is 42.5 Å². The van der Waals surface area contributed by atoms with E-state index in [2.05, 4.69) is 16.4 Å². The molecule has 0 saturated heterocycles. The maximum atomic E-state index is 12.7. The summed E-state index contributed by atoms with van der Waals surface area (Å²) in [5, 5.41) is 12.7. The lowest BCUT2D eigenvalue weighted by Gasteiger charge is -2.15. The van der Waals surface area contributed by atoms with Crippen LogP contribution in [0.5, 0.6) is 0 Å². The third-order valence-electron chi connectivity index (χ3n) is 4.54. The number of benzene rings is 2. The van der Waals surface area contributed by atoms with Gasteiger partial charge in [-0.2, -0.15) is 0 Å². The highest BCUT2D eigenvalue weighted by Crippen LogP contribution is 2.23. The number of carbonyl (C=O) groups excluding carboxylic acids is 2. The van der Waals surface area contributed by atoms with Crippen molar-refractivity contribution in [1.29, 1.82) is 0 Å². The summed E-state index contributed by atoms with van der Waals surface area (Å²) >= 11 is 0. The van der Waals surface area contributed by atoms with E-state index in [0.717, 1.165) is 27.6 Å². The maximum absolute atomic E-state index is 12.7. The largest absolute Gasteiger partial charge is 0.350 e. The highest BCUT2D eigenvalue weighted by molar-refractivity contribution is 6.01. The number of fused-ring (bicyclic) bond motifs is 1. The Kier molecular flexibility index (Phi) is 4.77. The molecule has 0 aliphatic carbocycles. The van der Waals surface area contributed by atoms with Crippen LogP contribution in [0, 0.1) is 13.8 Å². The molecule has 3 aromatic rings. The SMILES string of the molecule is Cc1ccc2[nH]c(C(=O)NC(C)c3cccc(C(=O)NO)c3)c(C)c2c1. The average molecular weight is 351 g/mol. The Morgan fingerprint density at radius 1 is 1.08 bits per heavy atom. The zero-order chi connectivity index (χ0) is 18.8. The number of aromatic nitrogens is 1. The molecule has 3 rings (SSSR count). The molecule has 1 aromatic heterocycles. The molecule has 4 N–H and O–H groups in total. The van der Waals surface area contributed by atoms with Crippen LogP contribution in [0.4, 0.5) is 0 Å². The third-order valence-corrected chi connectivity index (χ3v) is 4.54. The van der Waals surface area contributed by atoms with Crippen molar-refractivity contribution in [2.75, 3.05) is 0 Å². The number of carbonyl (C=O) groups is 2. The van der Waals surface area contributed by atoms with Gasteiger partial charge in [0.1, 0.15) is 5.69 Å². The van der Waals surface area contributed by atoms with Gasteiger partial charge in [-0.3, -0.25) is 14.8 Å². The van der Waals surface area contributed by atoms with E-state index in [1.54, 1.807) is 23.7 Å². The molecule has 0 aliphatic rings. The Morgan fingerprint density at radius 3 is 2.58 bits per heavy atom. The van der Waals surface area contributed by atoms with E-state index >= 15 is 0 Å². The molecule has 0 bridgehead atoms. The molecule has 26 heavy (non-hydrogen) atoms. The molecule has 1 heterocycles. The molecule has 2 aromatic carbocycles. The van der Waals surface area contributed by atoms with E-state index in [0.29, 0.717) is 11.3 Å². The second-order valence-corrected chi connectivity index (χ2v) is 6.44. The highest BCUT2D eigenvalue weighted by atomic mass is 16.5. The zero-order valence-corrected chi connectivity index (χ0v) is 14.9. The summed E-state index contributed by atoms with van der Waals surface area (Å²) in [4.78, 5) is 27.4. The standard InChI is InChI=1S/C20H21N3O3/c1-11-7-8-17-16(9-11)12(2)18(22-17)20(25)21-13(3)14-5-4-6-15(10-14)19(24)23-26/h4-10,13,22,26H,1-3H3,(H,21,25)(H,23,24). The van der Waals surface area contributed by atoms with Crippen molar-refractivity contribution in [3.8, 4) is 0 Å². The Morgan fingerprint density at radius 2 is 1.85 bits per heavy atom. The Labute approximate surface area is 151 Å². The molecular formula is C20H21N3O3. The fourth-order valence-electron chi connectivity index (χ4n) is 3.03. The Balaban J connectivity index is 1.84. The summed E-state index contributed by atoms with van der Waals surface area (Å²) in [6.07, 6.45) is 0. The summed E-state index contributed by atoms with van der Waals surface area (Å²) in [7, 11) is 0. The van der Waals surface area contributed by atoms with Gasteiger partial charge in [0.05, 0.1) is 6.04 Å². The lowest BCUT2D eigenvalue weighted by atomic mass is 10.0. The summed E-state index contributed by atoms with van der Waals surface area (Å²) < 4.78 is 0. The van der Waals surface area contributed by atoms with Crippen molar-refractivity contribution in [1.82, 2.24) is 15.8 Å². The van der Waals surface area contributed by atoms with Crippen molar-refractivity contribution in [3.63, 3.8) is 0 Å².